The molecule has 2 aromatic heterocycles. The molecule has 0 aliphatic heterocycles. The van der Waals surface area contributed by atoms with E-state index in [0.717, 1.165) is 4.88 Å². The summed E-state index contributed by atoms with van der Waals surface area (Å²) < 4.78 is 14.3. The van der Waals surface area contributed by atoms with Crippen LogP contribution in [0.15, 0.2) is 48.0 Å². The van der Waals surface area contributed by atoms with E-state index in [1.165, 1.54) is 46.5 Å². The molecule has 124 valence electrons. The van der Waals surface area contributed by atoms with Gasteiger partial charge in [0.25, 0.3) is 5.91 Å². The lowest BCUT2D eigenvalue weighted by atomic mass is 10.1. The van der Waals surface area contributed by atoms with Gasteiger partial charge in [-0.2, -0.15) is 0 Å². The van der Waals surface area contributed by atoms with Gasteiger partial charge >= 0.3 is 0 Å². The Kier molecular flexibility index (Phi) is 4.41. The number of hydrogen-bond donors (Lipinski definition) is 2. The second-order valence-corrected chi connectivity index (χ2v) is 6.41. The van der Waals surface area contributed by atoms with Crippen molar-refractivity contribution in [1.29, 1.82) is 0 Å². The zero-order valence-electron chi connectivity index (χ0n) is 12.8. The van der Waals surface area contributed by atoms with Crippen molar-refractivity contribution in [3.63, 3.8) is 0 Å². The first-order valence-corrected chi connectivity index (χ1v) is 8.06. The Morgan fingerprint density at radius 3 is 2.79 bits per heavy atom. The normalized spacial score (nSPS) is 13.5. The van der Waals surface area contributed by atoms with Crippen molar-refractivity contribution in [2.75, 3.05) is 6.54 Å². The molecule has 1 amide bonds. The standard InChI is InChI=1S/C16H15FN4O2S/c1-16(23,14-3-2-8-24-14)10-18-15(22)13-9-21(20-19-13)12-6-4-11(17)5-7-12/h2-9,23H,10H2,1H3,(H,18,22). The highest BCUT2D eigenvalue weighted by Crippen LogP contribution is 2.24. The van der Waals surface area contributed by atoms with Crippen LogP contribution < -0.4 is 5.32 Å². The second-order valence-electron chi connectivity index (χ2n) is 5.46. The number of benzene rings is 1. The molecule has 0 bridgehead atoms. The summed E-state index contributed by atoms with van der Waals surface area (Å²) in [6, 6.07) is 9.32. The minimum absolute atomic E-state index is 0.0513. The molecule has 0 saturated heterocycles. The van der Waals surface area contributed by atoms with E-state index in [1.807, 2.05) is 17.5 Å². The number of nitrogens with zero attached hydrogens (tertiary/aromatic N) is 3. The Morgan fingerprint density at radius 1 is 1.38 bits per heavy atom. The first-order valence-electron chi connectivity index (χ1n) is 7.18. The van der Waals surface area contributed by atoms with Crippen molar-refractivity contribution in [1.82, 2.24) is 20.3 Å². The fourth-order valence-corrected chi connectivity index (χ4v) is 2.89. The molecule has 24 heavy (non-hydrogen) atoms. The molecule has 0 saturated carbocycles. The van der Waals surface area contributed by atoms with Gasteiger partial charge in [0.05, 0.1) is 18.4 Å². The Morgan fingerprint density at radius 2 is 2.12 bits per heavy atom. The second kappa shape index (κ2) is 6.50. The van der Waals surface area contributed by atoms with E-state index in [2.05, 4.69) is 15.6 Å². The number of carbonyl (C=O) groups is 1. The van der Waals surface area contributed by atoms with E-state index >= 15 is 0 Å². The van der Waals surface area contributed by atoms with Crippen LogP contribution in [0.1, 0.15) is 22.3 Å². The van der Waals surface area contributed by atoms with Crippen molar-refractivity contribution in [2.45, 2.75) is 12.5 Å². The summed E-state index contributed by atoms with van der Waals surface area (Å²) in [6.45, 7) is 1.68. The van der Waals surface area contributed by atoms with Crippen molar-refractivity contribution in [3.8, 4) is 5.69 Å². The lowest BCUT2D eigenvalue weighted by molar-refractivity contribution is 0.0555. The average molecular weight is 346 g/mol. The first kappa shape index (κ1) is 16.3. The minimum atomic E-state index is -1.16. The number of nitrogens with one attached hydrogen (secondary N) is 1. The molecule has 2 N–H and O–H groups in total. The third-order valence-electron chi connectivity index (χ3n) is 3.46. The van der Waals surface area contributed by atoms with E-state index in [1.54, 1.807) is 6.92 Å². The van der Waals surface area contributed by atoms with E-state index in [4.69, 9.17) is 0 Å². The van der Waals surface area contributed by atoms with Gasteiger partial charge in [0.2, 0.25) is 0 Å². The molecule has 1 atom stereocenters. The molecule has 6 nitrogen and oxygen atoms in total. The summed E-state index contributed by atoms with van der Waals surface area (Å²) in [4.78, 5) is 12.9. The Hall–Kier alpha value is -2.58. The van der Waals surface area contributed by atoms with Crippen molar-refractivity contribution >= 4 is 17.2 Å². The van der Waals surface area contributed by atoms with Gasteiger partial charge in [-0.25, -0.2) is 9.07 Å². The van der Waals surface area contributed by atoms with Crippen molar-refractivity contribution < 1.29 is 14.3 Å². The summed E-state index contributed by atoms with van der Waals surface area (Å²) in [6.07, 6.45) is 1.45. The van der Waals surface area contributed by atoms with E-state index in [9.17, 15) is 14.3 Å². The molecule has 0 aliphatic carbocycles. The number of aromatic nitrogens is 3. The monoisotopic (exact) mass is 346 g/mol. The van der Waals surface area contributed by atoms with Gasteiger partial charge in [-0.15, -0.1) is 16.4 Å². The number of rotatable bonds is 5. The van der Waals surface area contributed by atoms with Crippen molar-refractivity contribution in [2.24, 2.45) is 0 Å². The van der Waals surface area contributed by atoms with Crippen LogP contribution in [0.25, 0.3) is 5.69 Å². The number of carbonyl (C=O) groups excluding carboxylic acids is 1. The predicted molar refractivity (Wildman–Crippen MR) is 87.5 cm³/mol. The summed E-state index contributed by atoms with van der Waals surface area (Å²) in [5.41, 5.74) is -0.452. The van der Waals surface area contributed by atoms with Gasteiger partial charge in [0, 0.05) is 4.88 Å². The van der Waals surface area contributed by atoms with Gasteiger partial charge < -0.3 is 10.4 Å². The summed E-state index contributed by atoms with van der Waals surface area (Å²) in [5.74, 6) is -0.798. The maximum Gasteiger partial charge on any atom is 0.273 e. The van der Waals surface area contributed by atoms with Gasteiger partial charge in [0.15, 0.2) is 5.69 Å². The van der Waals surface area contributed by atoms with Gasteiger partial charge in [0.1, 0.15) is 11.4 Å². The van der Waals surface area contributed by atoms with E-state index in [-0.39, 0.29) is 18.1 Å². The van der Waals surface area contributed by atoms with Crippen molar-refractivity contribution in [3.05, 3.63) is 64.4 Å². The molecule has 0 aliphatic rings. The lowest BCUT2D eigenvalue weighted by Gasteiger charge is -2.21. The SMILES string of the molecule is CC(O)(CNC(=O)c1cn(-c2ccc(F)cc2)nn1)c1cccs1. The fourth-order valence-electron chi connectivity index (χ4n) is 2.10. The van der Waals surface area contributed by atoms with Crippen LogP contribution in [0.2, 0.25) is 0 Å². The first-order chi connectivity index (χ1) is 11.5. The molecule has 3 rings (SSSR count). The molecule has 1 unspecified atom stereocenters. The highest BCUT2D eigenvalue weighted by Gasteiger charge is 2.25. The highest BCUT2D eigenvalue weighted by molar-refractivity contribution is 7.10. The fraction of sp³-hybridized carbons (Fsp3) is 0.188. The number of thiophene rings is 1. The van der Waals surface area contributed by atoms with Gasteiger partial charge in [-0.1, -0.05) is 11.3 Å². The summed E-state index contributed by atoms with van der Waals surface area (Å²) >= 11 is 1.42. The number of hydrogen-bond acceptors (Lipinski definition) is 5. The maximum atomic E-state index is 12.9. The Balaban J connectivity index is 1.67. The molecule has 2 heterocycles. The lowest BCUT2D eigenvalue weighted by Crippen LogP contribution is -2.38. The Bertz CT molecular complexity index is 828. The van der Waals surface area contributed by atoms with Crippen LogP contribution >= 0.6 is 11.3 Å². The predicted octanol–water partition coefficient (Wildman–Crippen LogP) is 2.11. The molecule has 0 fully saturated rings. The third-order valence-corrected chi connectivity index (χ3v) is 4.59. The van der Waals surface area contributed by atoms with Gasteiger partial charge in [-0.3, -0.25) is 4.79 Å². The number of amides is 1. The largest absolute Gasteiger partial charge is 0.383 e. The number of halogens is 1. The highest BCUT2D eigenvalue weighted by atomic mass is 32.1. The smallest absolute Gasteiger partial charge is 0.273 e. The van der Waals surface area contributed by atoms with Crippen LogP contribution in [-0.2, 0) is 5.60 Å². The maximum absolute atomic E-state index is 12.9. The summed E-state index contributed by atoms with van der Waals surface area (Å²) in [7, 11) is 0. The van der Waals surface area contributed by atoms with Gasteiger partial charge in [-0.05, 0) is 42.6 Å². The van der Waals surface area contributed by atoms with Crippen LogP contribution in [0, 0.1) is 5.82 Å². The quantitative estimate of drug-likeness (QED) is 0.741. The van der Waals surface area contributed by atoms with Crippen LogP contribution in [0.3, 0.4) is 0 Å². The molecule has 0 spiro atoms. The van der Waals surface area contributed by atoms with E-state index < -0.39 is 11.5 Å². The van der Waals surface area contributed by atoms with Crippen LogP contribution in [0.5, 0.6) is 0 Å². The van der Waals surface area contributed by atoms with Crippen LogP contribution in [0.4, 0.5) is 4.39 Å². The van der Waals surface area contributed by atoms with Crippen LogP contribution in [-0.4, -0.2) is 32.6 Å². The third kappa shape index (κ3) is 3.50. The number of aliphatic hydroxyl groups is 1. The molecule has 0 radical (unpaired) electrons. The summed E-state index contributed by atoms with van der Waals surface area (Å²) in [5, 5.41) is 22.6. The molecular weight excluding hydrogens is 331 g/mol. The molecule has 8 heteroatoms. The molecular formula is C16H15FN4O2S. The minimum Gasteiger partial charge on any atom is -0.383 e. The Labute approximate surface area is 141 Å². The molecule has 1 aromatic carbocycles. The van der Waals surface area contributed by atoms with E-state index in [0.29, 0.717) is 5.69 Å². The molecule has 3 aromatic rings. The zero-order chi connectivity index (χ0) is 17.2. The average Bonchev–Trinajstić information content (AvgIpc) is 3.25. The topological polar surface area (TPSA) is 80.0 Å². The zero-order valence-corrected chi connectivity index (χ0v) is 13.6.